The van der Waals surface area contributed by atoms with Crippen molar-refractivity contribution < 1.29 is 0 Å². The zero-order chi connectivity index (χ0) is 14.9. The molecular formula is C15H17BrCl2N2S. The minimum Gasteiger partial charge on any atom is -0.334 e. The van der Waals surface area contributed by atoms with Gasteiger partial charge in [-0.05, 0) is 46.3 Å². The van der Waals surface area contributed by atoms with E-state index in [2.05, 4.69) is 21.2 Å². The first-order valence-corrected chi connectivity index (χ1v) is 9.71. The van der Waals surface area contributed by atoms with E-state index in [-0.39, 0.29) is 0 Å². The molecule has 0 saturated heterocycles. The van der Waals surface area contributed by atoms with Crippen LogP contribution in [0.15, 0.2) is 21.6 Å². The van der Waals surface area contributed by atoms with Gasteiger partial charge in [-0.3, -0.25) is 4.99 Å². The molecule has 0 bridgehead atoms. The summed E-state index contributed by atoms with van der Waals surface area (Å²) >= 11 is 17.6. The Morgan fingerprint density at radius 1 is 1.14 bits per heavy atom. The van der Waals surface area contributed by atoms with Crippen LogP contribution < -0.4 is 5.32 Å². The summed E-state index contributed by atoms with van der Waals surface area (Å²) in [6, 6.07) is 3.82. The van der Waals surface area contributed by atoms with Crippen LogP contribution in [0.25, 0.3) is 0 Å². The van der Waals surface area contributed by atoms with Gasteiger partial charge in [-0.2, -0.15) is 0 Å². The second kappa shape index (κ2) is 6.69. The monoisotopic (exact) mass is 406 g/mol. The number of rotatable bonds is 1. The molecule has 114 valence electrons. The van der Waals surface area contributed by atoms with Crippen LogP contribution in [-0.4, -0.2) is 17.5 Å². The summed E-state index contributed by atoms with van der Waals surface area (Å²) in [5.41, 5.74) is 1.26. The lowest BCUT2D eigenvalue weighted by Gasteiger charge is -2.38. The third-order valence-electron chi connectivity index (χ3n) is 4.26. The standard InChI is InChI=1S/C15H17BrCl2N2S/c16-10-4-5-11(13(18)12(10)17)20-14-19-8-15(9-21-14)6-2-1-3-7-15/h4-5H,1-3,6-9H2,(H,19,20). The van der Waals surface area contributed by atoms with Crippen molar-refractivity contribution in [1.82, 2.24) is 0 Å². The maximum Gasteiger partial charge on any atom is 0.161 e. The Morgan fingerprint density at radius 3 is 2.57 bits per heavy atom. The predicted octanol–water partition coefficient (Wildman–Crippen LogP) is 6.22. The molecule has 6 heteroatoms. The van der Waals surface area contributed by atoms with E-state index in [0.29, 0.717) is 15.5 Å². The van der Waals surface area contributed by atoms with Gasteiger partial charge >= 0.3 is 0 Å². The second-order valence-corrected chi connectivity index (χ2v) is 8.39. The molecule has 1 aromatic carbocycles. The fourth-order valence-electron chi connectivity index (χ4n) is 2.97. The lowest BCUT2D eigenvalue weighted by Crippen LogP contribution is -2.35. The molecule has 1 spiro atoms. The van der Waals surface area contributed by atoms with E-state index in [9.17, 15) is 0 Å². The number of halogens is 3. The molecule has 1 aliphatic heterocycles. The molecular weight excluding hydrogens is 391 g/mol. The average Bonchev–Trinajstić information content (AvgIpc) is 2.51. The number of hydrogen-bond acceptors (Lipinski definition) is 3. The van der Waals surface area contributed by atoms with Gasteiger partial charge in [0.15, 0.2) is 5.17 Å². The van der Waals surface area contributed by atoms with E-state index in [1.54, 1.807) is 0 Å². The fourth-order valence-corrected chi connectivity index (χ4v) is 4.95. The van der Waals surface area contributed by atoms with Gasteiger partial charge in [0, 0.05) is 16.8 Å². The molecule has 0 aromatic heterocycles. The van der Waals surface area contributed by atoms with E-state index in [1.165, 1.54) is 32.1 Å². The summed E-state index contributed by atoms with van der Waals surface area (Å²) in [7, 11) is 0. The molecule has 0 amide bonds. The maximum absolute atomic E-state index is 6.27. The molecule has 21 heavy (non-hydrogen) atoms. The molecule has 0 radical (unpaired) electrons. The van der Waals surface area contributed by atoms with Crippen LogP contribution >= 0.6 is 50.9 Å². The lowest BCUT2D eigenvalue weighted by atomic mass is 9.75. The summed E-state index contributed by atoms with van der Waals surface area (Å²) in [5.74, 6) is 1.15. The number of benzene rings is 1. The first-order valence-electron chi connectivity index (χ1n) is 7.17. The van der Waals surface area contributed by atoms with Crippen LogP contribution in [-0.2, 0) is 0 Å². The Kier molecular flexibility index (Phi) is 5.09. The summed E-state index contributed by atoms with van der Waals surface area (Å²) in [6.45, 7) is 0.935. The van der Waals surface area contributed by atoms with Crippen LogP contribution in [0.3, 0.4) is 0 Å². The number of thioether (sulfide) groups is 1. The first kappa shape index (κ1) is 16.0. The fraction of sp³-hybridized carbons (Fsp3) is 0.533. The Balaban J connectivity index is 1.71. The SMILES string of the molecule is Clc1c(Br)ccc(NC2=NCC3(CCCCC3)CS2)c1Cl. The summed E-state index contributed by atoms with van der Waals surface area (Å²) in [6.07, 6.45) is 6.73. The Morgan fingerprint density at radius 2 is 1.90 bits per heavy atom. The van der Waals surface area contributed by atoms with Gasteiger partial charge in [0.1, 0.15) is 0 Å². The van der Waals surface area contributed by atoms with Crippen LogP contribution in [0.2, 0.25) is 10.0 Å². The number of aliphatic imine (C=N–C) groups is 1. The van der Waals surface area contributed by atoms with E-state index < -0.39 is 0 Å². The van der Waals surface area contributed by atoms with Crippen LogP contribution in [0, 0.1) is 5.41 Å². The Bertz CT molecular complexity index is 571. The van der Waals surface area contributed by atoms with Gasteiger partial charge in [0.2, 0.25) is 0 Å². The van der Waals surface area contributed by atoms with E-state index in [1.807, 2.05) is 23.9 Å². The van der Waals surface area contributed by atoms with Crippen molar-refractivity contribution in [3.8, 4) is 0 Å². The number of nitrogens with one attached hydrogen (secondary N) is 1. The van der Waals surface area contributed by atoms with Crippen molar-refractivity contribution in [3.63, 3.8) is 0 Å². The second-order valence-electron chi connectivity index (χ2n) is 5.82. The van der Waals surface area contributed by atoms with Crippen molar-refractivity contribution in [3.05, 3.63) is 26.7 Å². The van der Waals surface area contributed by atoms with Crippen LogP contribution in [0.1, 0.15) is 32.1 Å². The largest absolute Gasteiger partial charge is 0.334 e. The van der Waals surface area contributed by atoms with Crippen molar-refractivity contribution in [2.24, 2.45) is 10.4 Å². The van der Waals surface area contributed by atoms with Gasteiger partial charge in [-0.1, -0.05) is 54.2 Å². The molecule has 1 heterocycles. The smallest absolute Gasteiger partial charge is 0.161 e. The molecule has 1 fully saturated rings. The minimum absolute atomic E-state index is 0.440. The third kappa shape index (κ3) is 3.54. The highest BCUT2D eigenvalue weighted by molar-refractivity contribution is 9.10. The first-order chi connectivity index (χ1) is 10.1. The van der Waals surface area contributed by atoms with Gasteiger partial charge in [0.25, 0.3) is 0 Å². The van der Waals surface area contributed by atoms with Crippen molar-refractivity contribution in [2.75, 3.05) is 17.6 Å². The molecule has 1 aromatic rings. The van der Waals surface area contributed by atoms with Crippen LogP contribution in [0.4, 0.5) is 5.69 Å². The summed E-state index contributed by atoms with van der Waals surface area (Å²) in [4.78, 5) is 4.75. The molecule has 0 atom stereocenters. The number of amidine groups is 1. The average molecular weight is 408 g/mol. The molecule has 1 N–H and O–H groups in total. The number of anilines is 1. The highest BCUT2D eigenvalue weighted by Gasteiger charge is 2.34. The summed E-state index contributed by atoms with van der Waals surface area (Å²) in [5, 5.41) is 5.33. The zero-order valence-corrected chi connectivity index (χ0v) is 15.5. The van der Waals surface area contributed by atoms with E-state index >= 15 is 0 Å². The molecule has 2 aliphatic rings. The highest BCUT2D eigenvalue weighted by atomic mass is 79.9. The van der Waals surface area contributed by atoms with Gasteiger partial charge in [0.05, 0.1) is 15.7 Å². The maximum atomic E-state index is 6.27. The topological polar surface area (TPSA) is 24.4 Å². The molecule has 1 aliphatic carbocycles. The lowest BCUT2D eigenvalue weighted by molar-refractivity contribution is 0.232. The Hall–Kier alpha value is 0.1000. The summed E-state index contributed by atoms with van der Waals surface area (Å²) < 4.78 is 0.805. The van der Waals surface area contributed by atoms with Crippen molar-refractivity contribution >= 4 is 61.7 Å². The Labute approximate surface area is 148 Å². The van der Waals surface area contributed by atoms with Crippen LogP contribution in [0.5, 0.6) is 0 Å². The predicted molar refractivity (Wildman–Crippen MR) is 98.1 cm³/mol. The van der Waals surface area contributed by atoms with Gasteiger partial charge in [-0.25, -0.2) is 0 Å². The normalized spacial score (nSPS) is 21.2. The zero-order valence-electron chi connectivity index (χ0n) is 11.6. The number of hydrogen-bond donors (Lipinski definition) is 1. The molecule has 3 rings (SSSR count). The third-order valence-corrected chi connectivity index (χ3v) is 7.30. The quantitative estimate of drug-likeness (QED) is 0.558. The molecule has 0 unspecified atom stereocenters. The van der Waals surface area contributed by atoms with E-state index in [0.717, 1.165) is 27.6 Å². The van der Waals surface area contributed by atoms with Gasteiger partial charge in [-0.15, -0.1) is 0 Å². The number of nitrogens with zero attached hydrogens (tertiary/aromatic N) is 1. The minimum atomic E-state index is 0.440. The molecule has 1 saturated carbocycles. The van der Waals surface area contributed by atoms with Gasteiger partial charge < -0.3 is 5.32 Å². The highest BCUT2D eigenvalue weighted by Crippen LogP contribution is 2.42. The van der Waals surface area contributed by atoms with Crippen molar-refractivity contribution in [2.45, 2.75) is 32.1 Å². The molecule has 2 nitrogen and oxygen atoms in total. The van der Waals surface area contributed by atoms with Crippen molar-refractivity contribution in [1.29, 1.82) is 0 Å². The van der Waals surface area contributed by atoms with E-state index in [4.69, 9.17) is 28.2 Å².